The molecule has 1 aliphatic rings. The van der Waals surface area contributed by atoms with E-state index in [-0.39, 0.29) is 0 Å². The molecule has 1 fully saturated rings. The molecule has 3 nitrogen and oxygen atoms in total. The van der Waals surface area contributed by atoms with Gasteiger partial charge in [-0.1, -0.05) is 37.3 Å². The third kappa shape index (κ3) is 5.65. The molecule has 2 aromatic rings. The molecule has 1 unspecified atom stereocenters. The van der Waals surface area contributed by atoms with Crippen molar-refractivity contribution in [3.8, 4) is 0 Å². The highest BCUT2D eigenvalue weighted by molar-refractivity contribution is 5.14. The van der Waals surface area contributed by atoms with Crippen molar-refractivity contribution in [2.75, 3.05) is 26.2 Å². The van der Waals surface area contributed by atoms with Gasteiger partial charge >= 0.3 is 0 Å². The van der Waals surface area contributed by atoms with Gasteiger partial charge in [0.1, 0.15) is 0 Å². The highest BCUT2D eigenvalue weighted by Gasteiger charge is 2.24. The van der Waals surface area contributed by atoms with Gasteiger partial charge in [-0.3, -0.25) is 14.8 Å². The number of aromatic nitrogens is 1. The smallest absolute Gasteiger partial charge is 0.0270 e. The summed E-state index contributed by atoms with van der Waals surface area (Å²) in [4.78, 5) is 9.49. The zero-order valence-electron chi connectivity index (χ0n) is 15.5. The van der Waals surface area contributed by atoms with E-state index in [2.05, 4.69) is 64.2 Å². The largest absolute Gasteiger partial charge is 0.299 e. The molecule has 0 amide bonds. The van der Waals surface area contributed by atoms with Crippen molar-refractivity contribution in [1.29, 1.82) is 0 Å². The van der Waals surface area contributed by atoms with Crippen LogP contribution in [0.15, 0.2) is 54.9 Å². The van der Waals surface area contributed by atoms with Gasteiger partial charge in [-0.05, 0) is 62.0 Å². The lowest BCUT2D eigenvalue weighted by atomic mass is 10.0. The number of likely N-dealkylation sites (tertiary alicyclic amines) is 1. The minimum absolute atomic E-state index is 0.694. The Hall–Kier alpha value is -1.71. The summed E-state index contributed by atoms with van der Waals surface area (Å²) in [6, 6.07) is 15.9. The SMILES string of the molecule is CCCN(CCc1ccncc1)C1CCCN(Cc2ccccc2)C1. The van der Waals surface area contributed by atoms with E-state index >= 15 is 0 Å². The fourth-order valence-corrected chi connectivity index (χ4v) is 3.90. The number of hydrogen-bond donors (Lipinski definition) is 0. The van der Waals surface area contributed by atoms with Gasteiger partial charge in [-0.25, -0.2) is 0 Å². The highest BCUT2D eigenvalue weighted by Crippen LogP contribution is 2.19. The molecule has 25 heavy (non-hydrogen) atoms. The van der Waals surface area contributed by atoms with Crippen LogP contribution in [-0.2, 0) is 13.0 Å². The van der Waals surface area contributed by atoms with Crippen LogP contribution < -0.4 is 0 Å². The monoisotopic (exact) mass is 337 g/mol. The van der Waals surface area contributed by atoms with E-state index in [4.69, 9.17) is 0 Å². The van der Waals surface area contributed by atoms with E-state index in [0.29, 0.717) is 6.04 Å². The highest BCUT2D eigenvalue weighted by atomic mass is 15.2. The molecule has 134 valence electrons. The second-order valence-electron chi connectivity index (χ2n) is 7.16. The van der Waals surface area contributed by atoms with E-state index in [0.717, 1.165) is 19.5 Å². The fourth-order valence-electron chi connectivity index (χ4n) is 3.90. The second kappa shape index (κ2) is 9.69. The van der Waals surface area contributed by atoms with Crippen LogP contribution in [0.25, 0.3) is 0 Å². The molecule has 0 N–H and O–H groups in total. The number of hydrogen-bond acceptors (Lipinski definition) is 3. The van der Waals surface area contributed by atoms with Crippen molar-refractivity contribution in [1.82, 2.24) is 14.8 Å². The predicted molar refractivity (Wildman–Crippen MR) is 105 cm³/mol. The third-order valence-electron chi connectivity index (χ3n) is 5.19. The quantitative estimate of drug-likeness (QED) is 0.726. The Morgan fingerprint density at radius 2 is 1.84 bits per heavy atom. The minimum atomic E-state index is 0.694. The molecule has 0 bridgehead atoms. The van der Waals surface area contributed by atoms with Crippen molar-refractivity contribution >= 4 is 0 Å². The van der Waals surface area contributed by atoms with Crippen molar-refractivity contribution in [2.24, 2.45) is 0 Å². The third-order valence-corrected chi connectivity index (χ3v) is 5.19. The van der Waals surface area contributed by atoms with Gasteiger partial charge < -0.3 is 0 Å². The summed E-state index contributed by atoms with van der Waals surface area (Å²) in [5.41, 5.74) is 2.83. The Bertz CT molecular complexity index is 599. The zero-order chi connectivity index (χ0) is 17.3. The van der Waals surface area contributed by atoms with Gasteiger partial charge in [0, 0.05) is 38.1 Å². The molecule has 1 saturated heterocycles. The van der Waals surface area contributed by atoms with Crippen LogP contribution in [0, 0.1) is 0 Å². The standard InChI is InChI=1S/C22H31N3/c1-2-15-25(17-12-20-10-13-23-14-11-20)22-9-6-16-24(19-22)18-21-7-4-3-5-8-21/h3-5,7-8,10-11,13-14,22H,2,6,9,12,15-19H2,1H3. The van der Waals surface area contributed by atoms with E-state index in [1.165, 1.54) is 50.0 Å². The summed E-state index contributed by atoms with van der Waals surface area (Å²) in [7, 11) is 0. The molecule has 1 aromatic heterocycles. The lowest BCUT2D eigenvalue weighted by Gasteiger charge is -2.39. The summed E-state index contributed by atoms with van der Waals surface area (Å²) < 4.78 is 0. The number of nitrogens with zero attached hydrogens (tertiary/aromatic N) is 3. The van der Waals surface area contributed by atoms with Gasteiger partial charge in [0.05, 0.1) is 0 Å². The maximum atomic E-state index is 4.13. The van der Waals surface area contributed by atoms with Crippen LogP contribution in [0.4, 0.5) is 0 Å². The lowest BCUT2D eigenvalue weighted by Crippen LogP contribution is -2.48. The number of pyridine rings is 1. The normalized spacial score (nSPS) is 18.6. The molecule has 0 radical (unpaired) electrons. The van der Waals surface area contributed by atoms with E-state index in [9.17, 15) is 0 Å². The van der Waals surface area contributed by atoms with Gasteiger partial charge in [-0.2, -0.15) is 0 Å². The summed E-state index contributed by atoms with van der Waals surface area (Å²) in [6.45, 7) is 8.17. The summed E-state index contributed by atoms with van der Waals surface area (Å²) in [5, 5.41) is 0. The first-order chi connectivity index (χ1) is 12.3. The maximum absolute atomic E-state index is 4.13. The molecule has 0 spiro atoms. The Balaban J connectivity index is 1.56. The Labute approximate surface area is 152 Å². The van der Waals surface area contributed by atoms with Crippen molar-refractivity contribution in [3.05, 3.63) is 66.0 Å². The van der Waals surface area contributed by atoms with Crippen molar-refractivity contribution in [3.63, 3.8) is 0 Å². The van der Waals surface area contributed by atoms with Gasteiger partial charge in [0.25, 0.3) is 0 Å². The van der Waals surface area contributed by atoms with Crippen LogP contribution in [0.1, 0.15) is 37.3 Å². The number of piperidine rings is 1. The van der Waals surface area contributed by atoms with Crippen molar-refractivity contribution in [2.45, 2.75) is 45.2 Å². The molecule has 3 heteroatoms. The maximum Gasteiger partial charge on any atom is 0.0270 e. The Morgan fingerprint density at radius 1 is 1.04 bits per heavy atom. The molecule has 1 aromatic carbocycles. The number of benzene rings is 1. The first kappa shape index (κ1) is 18.1. The molecule has 1 atom stereocenters. The van der Waals surface area contributed by atoms with Gasteiger partial charge in [-0.15, -0.1) is 0 Å². The second-order valence-corrected chi connectivity index (χ2v) is 7.16. The average molecular weight is 338 g/mol. The summed E-state index contributed by atoms with van der Waals surface area (Å²) >= 11 is 0. The fraction of sp³-hybridized carbons (Fsp3) is 0.500. The van der Waals surface area contributed by atoms with Crippen LogP contribution in [0.5, 0.6) is 0 Å². The van der Waals surface area contributed by atoms with Crippen LogP contribution in [0.3, 0.4) is 0 Å². The molecule has 3 rings (SSSR count). The molecular weight excluding hydrogens is 306 g/mol. The van der Waals surface area contributed by atoms with Crippen molar-refractivity contribution < 1.29 is 0 Å². The number of rotatable bonds is 8. The Morgan fingerprint density at radius 3 is 2.60 bits per heavy atom. The first-order valence-electron chi connectivity index (χ1n) is 9.74. The van der Waals surface area contributed by atoms with E-state index in [1.54, 1.807) is 0 Å². The average Bonchev–Trinajstić information content (AvgIpc) is 2.67. The van der Waals surface area contributed by atoms with Gasteiger partial charge in [0.15, 0.2) is 0 Å². The lowest BCUT2D eigenvalue weighted by molar-refractivity contribution is 0.0936. The molecule has 2 heterocycles. The molecule has 0 saturated carbocycles. The van der Waals surface area contributed by atoms with E-state index in [1.807, 2.05) is 12.4 Å². The zero-order valence-corrected chi connectivity index (χ0v) is 15.5. The minimum Gasteiger partial charge on any atom is -0.299 e. The molecule has 0 aliphatic carbocycles. The molecule has 1 aliphatic heterocycles. The Kier molecular flexibility index (Phi) is 7.01. The first-order valence-corrected chi connectivity index (χ1v) is 9.74. The predicted octanol–water partition coefficient (Wildman–Crippen LogP) is 4.00. The molecular formula is C22H31N3. The summed E-state index contributed by atoms with van der Waals surface area (Å²) in [5.74, 6) is 0. The van der Waals surface area contributed by atoms with Crippen LogP contribution in [-0.4, -0.2) is 47.0 Å². The van der Waals surface area contributed by atoms with Crippen LogP contribution in [0.2, 0.25) is 0 Å². The summed E-state index contributed by atoms with van der Waals surface area (Å²) in [6.07, 6.45) is 8.81. The van der Waals surface area contributed by atoms with E-state index < -0.39 is 0 Å². The topological polar surface area (TPSA) is 19.4 Å². The van der Waals surface area contributed by atoms with Crippen LogP contribution >= 0.6 is 0 Å². The van der Waals surface area contributed by atoms with Gasteiger partial charge in [0.2, 0.25) is 0 Å².